The van der Waals surface area contributed by atoms with Crippen molar-refractivity contribution in [3.8, 4) is 11.1 Å². The third-order valence-electron chi connectivity index (χ3n) is 4.75. The zero-order chi connectivity index (χ0) is 21.0. The van der Waals surface area contributed by atoms with Crippen LogP contribution in [0.15, 0.2) is 42.6 Å². The molecule has 3 rings (SSSR count). The fraction of sp³-hybridized carbons (Fsp3) is 0.400. The van der Waals surface area contributed by atoms with Gasteiger partial charge in [-0.15, -0.1) is 0 Å². The molecule has 9 heteroatoms. The summed E-state index contributed by atoms with van der Waals surface area (Å²) in [5.41, 5.74) is 2.76. The first-order valence-corrected chi connectivity index (χ1v) is 11.2. The Morgan fingerprint density at radius 2 is 1.86 bits per heavy atom. The zero-order valence-electron chi connectivity index (χ0n) is 16.0. The van der Waals surface area contributed by atoms with E-state index >= 15 is 0 Å². The average molecular weight is 421 g/mol. The first-order chi connectivity index (χ1) is 13.8. The molecular formula is C20H24FN3O4S. The Morgan fingerprint density at radius 1 is 1.21 bits per heavy atom. The monoisotopic (exact) mass is 421 g/mol. The summed E-state index contributed by atoms with van der Waals surface area (Å²) < 4.78 is 38.0. The van der Waals surface area contributed by atoms with Gasteiger partial charge in [0, 0.05) is 17.7 Å². The van der Waals surface area contributed by atoms with Crippen LogP contribution in [-0.2, 0) is 21.4 Å². The van der Waals surface area contributed by atoms with E-state index in [1.165, 1.54) is 0 Å². The number of carbonyl (C=O) groups excluding carboxylic acids is 1. The highest BCUT2D eigenvalue weighted by Gasteiger charge is 2.33. The lowest BCUT2D eigenvalue weighted by Crippen LogP contribution is -2.41. The van der Waals surface area contributed by atoms with Gasteiger partial charge in [0.25, 0.3) is 0 Å². The lowest BCUT2D eigenvalue weighted by Gasteiger charge is -2.22. The van der Waals surface area contributed by atoms with Crippen molar-refractivity contribution in [2.75, 3.05) is 12.9 Å². The summed E-state index contributed by atoms with van der Waals surface area (Å²) in [6.07, 6.45) is 3.20. The number of halogens is 1. The molecule has 3 N–H and O–H groups in total. The van der Waals surface area contributed by atoms with E-state index in [1.54, 1.807) is 36.5 Å². The molecule has 156 valence electrons. The Labute approximate surface area is 169 Å². The number of hydrogen-bond donors (Lipinski definition) is 3. The minimum atomic E-state index is -3.28. The standard InChI is InChI=1S/C20H24FN3O4S/c1-29(27,28)23-12-17-9-8-16(11-22-17)13-2-4-14(5-3-13)19(25)18(10-21)24-20(26)15-6-7-15/h2-5,8-9,11,15,18-19,23,25H,6-7,10,12H2,1H3,(H,24,26). The van der Waals surface area contributed by atoms with E-state index in [4.69, 9.17) is 0 Å². The largest absolute Gasteiger partial charge is 0.386 e. The van der Waals surface area contributed by atoms with E-state index in [9.17, 15) is 22.7 Å². The van der Waals surface area contributed by atoms with E-state index < -0.39 is 28.8 Å². The predicted octanol–water partition coefficient (Wildman–Crippen LogP) is 1.70. The van der Waals surface area contributed by atoms with E-state index in [2.05, 4.69) is 15.0 Å². The summed E-state index contributed by atoms with van der Waals surface area (Å²) in [6.45, 7) is -0.740. The number of benzene rings is 1. The van der Waals surface area contributed by atoms with Gasteiger partial charge >= 0.3 is 0 Å². The average Bonchev–Trinajstić information content (AvgIpc) is 3.55. The molecule has 29 heavy (non-hydrogen) atoms. The van der Waals surface area contributed by atoms with Crippen molar-refractivity contribution in [3.63, 3.8) is 0 Å². The molecule has 2 atom stereocenters. The van der Waals surface area contributed by atoms with Crippen LogP contribution in [0.25, 0.3) is 11.1 Å². The molecule has 1 saturated carbocycles. The molecule has 0 bridgehead atoms. The number of nitrogens with zero attached hydrogens (tertiary/aromatic N) is 1. The van der Waals surface area contributed by atoms with Crippen molar-refractivity contribution in [2.45, 2.75) is 31.5 Å². The molecule has 0 saturated heterocycles. The van der Waals surface area contributed by atoms with Crippen LogP contribution in [0.1, 0.15) is 30.2 Å². The molecule has 7 nitrogen and oxygen atoms in total. The molecule has 1 aromatic carbocycles. The van der Waals surface area contributed by atoms with Crippen molar-refractivity contribution < 1.29 is 22.7 Å². The predicted molar refractivity (Wildman–Crippen MR) is 107 cm³/mol. The number of rotatable bonds is 9. The van der Waals surface area contributed by atoms with Gasteiger partial charge in [0.15, 0.2) is 0 Å². The number of amides is 1. The Kier molecular flexibility index (Phi) is 6.61. The summed E-state index contributed by atoms with van der Waals surface area (Å²) in [7, 11) is -3.28. The summed E-state index contributed by atoms with van der Waals surface area (Å²) in [4.78, 5) is 16.1. The highest BCUT2D eigenvalue weighted by Crippen LogP contribution is 2.30. The third kappa shape index (κ3) is 6.06. The number of aromatic nitrogens is 1. The Bertz CT molecular complexity index is 945. The number of aliphatic hydroxyl groups is 1. The maximum Gasteiger partial charge on any atom is 0.223 e. The Balaban J connectivity index is 1.64. The van der Waals surface area contributed by atoms with Crippen molar-refractivity contribution in [1.29, 1.82) is 0 Å². The molecule has 1 fully saturated rings. The van der Waals surface area contributed by atoms with Crippen molar-refractivity contribution in [1.82, 2.24) is 15.0 Å². The zero-order valence-corrected chi connectivity index (χ0v) is 16.8. The van der Waals surface area contributed by atoms with Crippen LogP contribution in [0.4, 0.5) is 4.39 Å². The van der Waals surface area contributed by atoms with Crippen molar-refractivity contribution >= 4 is 15.9 Å². The minimum absolute atomic E-state index is 0.0540. The molecule has 2 aromatic rings. The minimum Gasteiger partial charge on any atom is -0.386 e. The number of sulfonamides is 1. The van der Waals surface area contributed by atoms with Crippen LogP contribution in [0, 0.1) is 5.92 Å². The van der Waals surface area contributed by atoms with E-state index in [0.717, 1.165) is 30.2 Å². The van der Waals surface area contributed by atoms with Gasteiger partial charge in [-0.1, -0.05) is 30.3 Å². The normalized spacial score (nSPS) is 16.2. The van der Waals surface area contributed by atoms with Gasteiger partial charge in [0.1, 0.15) is 12.8 Å². The van der Waals surface area contributed by atoms with Crippen LogP contribution >= 0.6 is 0 Å². The summed E-state index contributed by atoms with van der Waals surface area (Å²) in [5, 5.41) is 13.0. The van der Waals surface area contributed by atoms with Crippen LogP contribution < -0.4 is 10.0 Å². The van der Waals surface area contributed by atoms with E-state index in [0.29, 0.717) is 11.3 Å². The number of alkyl halides is 1. The maximum absolute atomic E-state index is 13.3. The summed E-state index contributed by atoms with van der Waals surface area (Å²) in [6, 6.07) is 9.50. The van der Waals surface area contributed by atoms with Crippen molar-refractivity contribution in [3.05, 3.63) is 53.9 Å². The maximum atomic E-state index is 13.3. The molecule has 0 spiro atoms. The number of aliphatic hydroxyl groups excluding tert-OH is 1. The van der Waals surface area contributed by atoms with Crippen LogP contribution in [0.3, 0.4) is 0 Å². The quantitative estimate of drug-likeness (QED) is 0.571. The van der Waals surface area contributed by atoms with Crippen LogP contribution in [0.5, 0.6) is 0 Å². The fourth-order valence-corrected chi connectivity index (χ4v) is 3.27. The van der Waals surface area contributed by atoms with E-state index in [-0.39, 0.29) is 18.4 Å². The first-order valence-electron chi connectivity index (χ1n) is 9.31. The van der Waals surface area contributed by atoms with Gasteiger partial charge in [0.05, 0.1) is 24.5 Å². The van der Waals surface area contributed by atoms with Gasteiger partial charge in [0.2, 0.25) is 15.9 Å². The molecule has 1 amide bonds. The Hall–Kier alpha value is -2.36. The smallest absolute Gasteiger partial charge is 0.223 e. The van der Waals surface area contributed by atoms with Gasteiger partial charge in [-0.05, 0) is 30.0 Å². The number of hydrogen-bond acceptors (Lipinski definition) is 5. The molecule has 1 aliphatic carbocycles. The molecule has 2 unspecified atom stereocenters. The van der Waals surface area contributed by atoms with Crippen LogP contribution in [0.2, 0.25) is 0 Å². The summed E-state index contributed by atoms with van der Waals surface area (Å²) in [5.74, 6) is -0.262. The number of pyridine rings is 1. The molecule has 0 radical (unpaired) electrons. The molecule has 1 aromatic heterocycles. The third-order valence-corrected chi connectivity index (χ3v) is 5.42. The fourth-order valence-electron chi connectivity index (χ4n) is 2.86. The number of carbonyl (C=O) groups is 1. The SMILES string of the molecule is CS(=O)(=O)NCc1ccc(-c2ccc(C(O)C(CF)NC(=O)C3CC3)cc2)cn1. The van der Waals surface area contributed by atoms with Gasteiger partial charge < -0.3 is 10.4 Å². The topological polar surface area (TPSA) is 108 Å². The number of nitrogens with one attached hydrogen (secondary N) is 2. The molecule has 0 aliphatic heterocycles. The second-order valence-electron chi connectivity index (χ2n) is 7.24. The molecule has 1 aliphatic rings. The second-order valence-corrected chi connectivity index (χ2v) is 9.08. The molecular weight excluding hydrogens is 397 g/mol. The van der Waals surface area contributed by atoms with Crippen LogP contribution in [-0.4, -0.2) is 43.4 Å². The highest BCUT2D eigenvalue weighted by molar-refractivity contribution is 7.88. The first kappa shape index (κ1) is 21.4. The second kappa shape index (κ2) is 8.98. The van der Waals surface area contributed by atoms with Gasteiger partial charge in [-0.2, -0.15) is 0 Å². The van der Waals surface area contributed by atoms with Gasteiger partial charge in [-0.25, -0.2) is 17.5 Å². The highest BCUT2D eigenvalue weighted by atomic mass is 32.2. The van der Waals surface area contributed by atoms with Crippen molar-refractivity contribution in [2.24, 2.45) is 5.92 Å². The Morgan fingerprint density at radius 3 is 2.38 bits per heavy atom. The summed E-state index contributed by atoms with van der Waals surface area (Å²) >= 11 is 0. The lowest BCUT2D eigenvalue weighted by molar-refractivity contribution is -0.124. The van der Waals surface area contributed by atoms with E-state index in [1.807, 2.05) is 6.07 Å². The lowest BCUT2D eigenvalue weighted by atomic mass is 9.99. The van der Waals surface area contributed by atoms with Gasteiger partial charge in [-0.3, -0.25) is 9.78 Å². The molecule has 1 heterocycles.